The lowest BCUT2D eigenvalue weighted by molar-refractivity contribution is 0.318. The molecule has 0 bridgehead atoms. The van der Waals surface area contributed by atoms with Gasteiger partial charge in [-0.2, -0.15) is 0 Å². The summed E-state index contributed by atoms with van der Waals surface area (Å²) in [5.74, 6) is 0.652. The van der Waals surface area contributed by atoms with Crippen LogP contribution < -0.4 is 5.73 Å². The summed E-state index contributed by atoms with van der Waals surface area (Å²) in [5, 5.41) is 0. The van der Waals surface area contributed by atoms with Crippen LogP contribution in [0.15, 0.2) is 24.4 Å². The summed E-state index contributed by atoms with van der Waals surface area (Å²) in [5.41, 5.74) is 6.78. The van der Waals surface area contributed by atoms with Crippen molar-refractivity contribution in [3.05, 3.63) is 30.1 Å². The Kier molecular flexibility index (Phi) is 6.82. The zero-order valence-corrected chi connectivity index (χ0v) is 11.1. The van der Waals surface area contributed by atoms with Crippen LogP contribution in [0.25, 0.3) is 0 Å². The van der Waals surface area contributed by atoms with E-state index in [1.165, 1.54) is 18.5 Å². The number of nitrogens with two attached hydrogens (primary N) is 1. The Morgan fingerprint density at radius 2 is 2.18 bits per heavy atom. The second-order valence-electron chi connectivity index (χ2n) is 4.86. The SMILES string of the molecule is CC(CN)CCCN(C)CCc1ccccn1. The van der Waals surface area contributed by atoms with Gasteiger partial charge in [-0.25, -0.2) is 0 Å². The molecule has 17 heavy (non-hydrogen) atoms. The molecule has 0 saturated carbocycles. The Hall–Kier alpha value is -0.930. The molecule has 0 spiro atoms. The standard InChI is InChI=1S/C14H25N3/c1-13(12-15)6-5-10-17(2)11-8-14-7-3-4-9-16-14/h3-4,7,9,13H,5-6,8,10-12,15H2,1-2H3. The first-order valence-electron chi connectivity index (χ1n) is 6.51. The van der Waals surface area contributed by atoms with Gasteiger partial charge in [-0.15, -0.1) is 0 Å². The Morgan fingerprint density at radius 1 is 1.35 bits per heavy atom. The molecule has 2 N–H and O–H groups in total. The van der Waals surface area contributed by atoms with E-state index in [2.05, 4.69) is 29.9 Å². The molecule has 0 amide bonds. The smallest absolute Gasteiger partial charge is 0.0416 e. The van der Waals surface area contributed by atoms with Gasteiger partial charge in [0.25, 0.3) is 0 Å². The third kappa shape index (κ3) is 6.39. The normalized spacial score (nSPS) is 12.9. The van der Waals surface area contributed by atoms with Crippen LogP contribution in [0.3, 0.4) is 0 Å². The van der Waals surface area contributed by atoms with Crippen molar-refractivity contribution in [3.8, 4) is 0 Å². The Morgan fingerprint density at radius 3 is 2.82 bits per heavy atom. The van der Waals surface area contributed by atoms with Gasteiger partial charge in [-0.3, -0.25) is 4.98 Å². The van der Waals surface area contributed by atoms with Crippen molar-refractivity contribution < 1.29 is 0 Å². The predicted octanol–water partition coefficient (Wildman–Crippen LogP) is 1.93. The molecule has 96 valence electrons. The minimum absolute atomic E-state index is 0.652. The van der Waals surface area contributed by atoms with Gasteiger partial charge in [-0.1, -0.05) is 13.0 Å². The summed E-state index contributed by atoms with van der Waals surface area (Å²) in [6.07, 6.45) is 5.35. The van der Waals surface area contributed by atoms with E-state index in [1.54, 1.807) is 0 Å². The summed E-state index contributed by atoms with van der Waals surface area (Å²) in [6, 6.07) is 6.09. The number of aromatic nitrogens is 1. The molecule has 0 fully saturated rings. The molecule has 0 aliphatic heterocycles. The van der Waals surface area contributed by atoms with Gasteiger partial charge in [0.05, 0.1) is 0 Å². The van der Waals surface area contributed by atoms with E-state index < -0.39 is 0 Å². The van der Waals surface area contributed by atoms with Crippen LogP contribution in [0, 0.1) is 5.92 Å². The number of likely N-dealkylation sites (N-methyl/N-ethyl adjacent to an activating group) is 1. The summed E-state index contributed by atoms with van der Waals surface area (Å²) < 4.78 is 0. The highest BCUT2D eigenvalue weighted by molar-refractivity contribution is 5.03. The van der Waals surface area contributed by atoms with E-state index in [-0.39, 0.29) is 0 Å². The van der Waals surface area contributed by atoms with E-state index in [0.717, 1.165) is 26.1 Å². The molecule has 1 aromatic rings. The van der Waals surface area contributed by atoms with Crippen LogP contribution in [0.5, 0.6) is 0 Å². The van der Waals surface area contributed by atoms with Gasteiger partial charge in [0.2, 0.25) is 0 Å². The highest BCUT2D eigenvalue weighted by atomic mass is 15.1. The first-order valence-corrected chi connectivity index (χ1v) is 6.51. The van der Waals surface area contributed by atoms with Gasteiger partial charge in [-0.05, 0) is 51.0 Å². The second kappa shape index (κ2) is 8.20. The number of pyridine rings is 1. The Balaban J connectivity index is 2.11. The zero-order chi connectivity index (χ0) is 12.5. The number of rotatable bonds is 8. The van der Waals surface area contributed by atoms with E-state index in [9.17, 15) is 0 Å². The fourth-order valence-electron chi connectivity index (χ4n) is 1.79. The topological polar surface area (TPSA) is 42.1 Å². The summed E-state index contributed by atoms with van der Waals surface area (Å²) in [4.78, 5) is 6.70. The van der Waals surface area contributed by atoms with Crippen molar-refractivity contribution in [1.82, 2.24) is 9.88 Å². The molecule has 0 aliphatic carbocycles. The Labute approximate surface area is 105 Å². The average Bonchev–Trinajstić information content (AvgIpc) is 2.37. The largest absolute Gasteiger partial charge is 0.330 e. The summed E-state index contributed by atoms with van der Waals surface area (Å²) in [7, 11) is 2.18. The molecule has 1 heterocycles. The monoisotopic (exact) mass is 235 g/mol. The second-order valence-corrected chi connectivity index (χ2v) is 4.86. The van der Waals surface area contributed by atoms with Crippen molar-refractivity contribution in [2.75, 3.05) is 26.7 Å². The quantitative estimate of drug-likeness (QED) is 0.748. The van der Waals surface area contributed by atoms with Crippen LogP contribution in [0.1, 0.15) is 25.5 Å². The molecular weight excluding hydrogens is 210 g/mol. The molecule has 0 aliphatic rings. The molecule has 0 radical (unpaired) electrons. The molecule has 0 aromatic carbocycles. The lowest BCUT2D eigenvalue weighted by Gasteiger charge is -2.17. The van der Waals surface area contributed by atoms with Crippen molar-refractivity contribution in [2.24, 2.45) is 11.7 Å². The Bertz CT molecular complexity index is 287. The van der Waals surface area contributed by atoms with Crippen molar-refractivity contribution >= 4 is 0 Å². The van der Waals surface area contributed by atoms with E-state index in [4.69, 9.17) is 5.73 Å². The van der Waals surface area contributed by atoms with Crippen LogP contribution in [-0.2, 0) is 6.42 Å². The number of hydrogen-bond acceptors (Lipinski definition) is 3. The molecule has 1 rings (SSSR count). The van der Waals surface area contributed by atoms with Crippen LogP contribution in [-0.4, -0.2) is 36.6 Å². The molecule has 3 nitrogen and oxygen atoms in total. The highest BCUT2D eigenvalue weighted by Gasteiger charge is 2.02. The molecule has 1 atom stereocenters. The molecule has 0 saturated heterocycles. The molecule has 1 aromatic heterocycles. The first kappa shape index (κ1) is 14.1. The minimum Gasteiger partial charge on any atom is -0.330 e. The third-order valence-electron chi connectivity index (χ3n) is 3.11. The van der Waals surface area contributed by atoms with Gasteiger partial charge in [0.15, 0.2) is 0 Å². The van der Waals surface area contributed by atoms with E-state index >= 15 is 0 Å². The van der Waals surface area contributed by atoms with Crippen molar-refractivity contribution in [2.45, 2.75) is 26.2 Å². The average molecular weight is 235 g/mol. The molecule has 3 heteroatoms. The minimum atomic E-state index is 0.652. The lowest BCUT2D eigenvalue weighted by atomic mass is 10.1. The lowest BCUT2D eigenvalue weighted by Crippen LogP contribution is -2.23. The number of hydrogen-bond donors (Lipinski definition) is 1. The maximum Gasteiger partial charge on any atom is 0.0416 e. The van der Waals surface area contributed by atoms with E-state index in [0.29, 0.717) is 5.92 Å². The van der Waals surface area contributed by atoms with Crippen LogP contribution in [0.2, 0.25) is 0 Å². The maximum absolute atomic E-state index is 5.60. The zero-order valence-electron chi connectivity index (χ0n) is 11.1. The number of nitrogens with zero attached hydrogens (tertiary/aromatic N) is 2. The summed E-state index contributed by atoms with van der Waals surface area (Å²) in [6.45, 7) is 5.25. The van der Waals surface area contributed by atoms with Gasteiger partial charge >= 0.3 is 0 Å². The van der Waals surface area contributed by atoms with Crippen molar-refractivity contribution in [1.29, 1.82) is 0 Å². The predicted molar refractivity (Wildman–Crippen MR) is 72.9 cm³/mol. The van der Waals surface area contributed by atoms with Gasteiger partial charge in [0.1, 0.15) is 0 Å². The van der Waals surface area contributed by atoms with Gasteiger partial charge in [0, 0.05) is 24.9 Å². The van der Waals surface area contributed by atoms with Crippen LogP contribution in [0.4, 0.5) is 0 Å². The third-order valence-corrected chi connectivity index (χ3v) is 3.11. The fourth-order valence-corrected chi connectivity index (χ4v) is 1.79. The first-order chi connectivity index (χ1) is 8.22. The van der Waals surface area contributed by atoms with Crippen molar-refractivity contribution in [3.63, 3.8) is 0 Å². The van der Waals surface area contributed by atoms with Gasteiger partial charge < -0.3 is 10.6 Å². The maximum atomic E-state index is 5.60. The molecular formula is C14H25N3. The van der Waals surface area contributed by atoms with E-state index in [1.807, 2.05) is 18.3 Å². The van der Waals surface area contributed by atoms with Crippen LogP contribution >= 0.6 is 0 Å². The summed E-state index contributed by atoms with van der Waals surface area (Å²) >= 11 is 0. The fraction of sp³-hybridized carbons (Fsp3) is 0.643. The highest BCUT2D eigenvalue weighted by Crippen LogP contribution is 2.04. The molecule has 1 unspecified atom stereocenters.